The Hall–Kier alpha value is -2.06. The molecule has 1 unspecified atom stereocenters. The maximum atomic E-state index is 9.40. The molecule has 1 aromatic rings. The van der Waals surface area contributed by atoms with Gasteiger partial charge in [0.25, 0.3) is 0 Å². The van der Waals surface area contributed by atoms with Crippen molar-refractivity contribution in [3.05, 3.63) is 71.9 Å². The number of ether oxygens (including phenoxy) is 1. The molecule has 0 amide bonds. The summed E-state index contributed by atoms with van der Waals surface area (Å²) in [5.41, 5.74) is 2.16. The summed E-state index contributed by atoms with van der Waals surface area (Å²) in [5.74, 6) is 0.854. The Kier molecular flexibility index (Phi) is 4.15. The second-order valence-electron chi connectivity index (χ2n) is 4.01. The summed E-state index contributed by atoms with van der Waals surface area (Å²) >= 11 is 0. The van der Waals surface area contributed by atoms with Gasteiger partial charge < -0.3 is 9.84 Å². The lowest BCUT2D eigenvalue weighted by Gasteiger charge is -1.99. The zero-order chi connectivity index (χ0) is 12.8. The molecule has 2 rings (SSSR count). The van der Waals surface area contributed by atoms with Crippen LogP contribution in [0.5, 0.6) is 5.75 Å². The molecule has 0 fully saturated rings. The number of allylic oxidation sites excluding steroid dienone is 5. The molecule has 1 aliphatic rings. The molecule has 2 nitrogen and oxygen atoms in total. The number of methoxy groups -OCH3 is 1. The van der Waals surface area contributed by atoms with Crippen LogP contribution in [-0.2, 0) is 0 Å². The predicted octanol–water partition coefficient (Wildman–Crippen LogP) is 3.12. The van der Waals surface area contributed by atoms with Gasteiger partial charge in [0.05, 0.1) is 13.2 Å². The van der Waals surface area contributed by atoms with E-state index in [2.05, 4.69) is 0 Å². The minimum atomic E-state index is -0.492. The van der Waals surface area contributed by atoms with E-state index in [1.54, 1.807) is 19.3 Å². The lowest BCUT2D eigenvalue weighted by molar-refractivity contribution is 0.272. The van der Waals surface area contributed by atoms with Crippen LogP contribution in [0.2, 0.25) is 0 Å². The van der Waals surface area contributed by atoms with Crippen LogP contribution in [0.1, 0.15) is 5.56 Å². The first-order chi connectivity index (χ1) is 8.78. The topological polar surface area (TPSA) is 29.5 Å². The molecule has 0 radical (unpaired) electrons. The standard InChI is InChI=1S/C16H16O2/c1-18-16-11-8-14(9-12-16)6-5-13-3-2-4-15(17)10-7-13/h2-12,15,17H,1H3. The van der Waals surface area contributed by atoms with Gasteiger partial charge >= 0.3 is 0 Å². The van der Waals surface area contributed by atoms with Crippen LogP contribution >= 0.6 is 0 Å². The molecule has 0 aromatic heterocycles. The fourth-order valence-corrected chi connectivity index (χ4v) is 1.63. The Bertz CT molecular complexity index is 504. The summed E-state index contributed by atoms with van der Waals surface area (Å²) in [6.45, 7) is 0. The highest BCUT2D eigenvalue weighted by atomic mass is 16.5. The summed E-state index contributed by atoms with van der Waals surface area (Å²) in [4.78, 5) is 0. The first-order valence-electron chi connectivity index (χ1n) is 5.85. The van der Waals surface area contributed by atoms with Crippen LogP contribution in [0.15, 0.2) is 66.3 Å². The fourth-order valence-electron chi connectivity index (χ4n) is 1.63. The van der Waals surface area contributed by atoms with Crippen molar-refractivity contribution in [1.82, 2.24) is 0 Å². The molecule has 0 bridgehead atoms. The van der Waals surface area contributed by atoms with Crippen LogP contribution in [-0.4, -0.2) is 18.3 Å². The van der Waals surface area contributed by atoms with Crippen molar-refractivity contribution in [3.8, 4) is 5.75 Å². The second-order valence-corrected chi connectivity index (χ2v) is 4.01. The molecule has 18 heavy (non-hydrogen) atoms. The largest absolute Gasteiger partial charge is 0.497 e. The van der Waals surface area contributed by atoms with E-state index in [9.17, 15) is 5.11 Å². The maximum Gasteiger partial charge on any atom is 0.118 e. The minimum Gasteiger partial charge on any atom is -0.497 e. The lowest BCUT2D eigenvalue weighted by Crippen LogP contribution is -1.93. The number of benzene rings is 1. The zero-order valence-corrected chi connectivity index (χ0v) is 10.3. The fraction of sp³-hybridized carbons (Fsp3) is 0.125. The number of hydrogen-bond acceptors (Lipinski definition) is 2. The highest BCUT2D eigenvalue weighted by molar-refractivity contribution is 5.56. The summed E-state index contributed by atoms with van der Waals surface area (Å²) in [6, 6.07) is 7.86. The van der Waals surface area contributed by atoms with Crippen LogP contribution in [0.3, 0.4) is 0 Å². The monoisotopic (exact) mass is 240 g/mol. The first-order valence-corrected chi connectivity index (χ1v) is 5.85. The van der Waals surface area contributed by atoms with Crippen molar-refractivity contribution >= 4 is 6.08 Å². The van der Waals surface area contributed by atoms with Gasteiger partial charge in [0.1, 0.15) is 5.75 Å². The molecule has 0 heterocycles. The Labute approximate surface area is 107 Å². The smallest absolute Gasteiger partial charge is 0.118 e. The SMILES string of the molecule is COc1ccc(C=CC2=CC=CC(O)C=C2)cc1. The Morgan fingerprint density at radius 3 is 2.61 bits per heavy atom. The molecule has 1 N–H and O–H groups in total. The molecule has 92 valence electrons. The van der Waals surface area contributed by atoms with Crippen LogP contribution in [0.25, 0.3) is 6.08 Å². The molecule has 2 heteroatoms. The van der Waals surface area contributed by atoms with Gasteiger partial charge in [0.15, 0.2) is 0 Å². The molecular weight excluding hydrogens is 224 g/mol. The normalized spacial score (nSPS) is 18.8. The van der Waals surface area contributed by atoms with E-state index < -0.39 is 6.10 Å². The molecule has 0 saturated carbocycles. The van der Waals surface area contributed by atoms with Gasteiger partial charge in [-0.05, 0) is 23.3 Å². The van der Waals surface area contributed by atoms with Gasteiger partial charge in [-0.1, -0.05) is 54.7 Å². The maximum absolute atomic E-state index is 9.40. The van der Waals surface area contributed by atoms with E-state index >= 15 is 0 Å². The number of hydrogen-bond donors (Lipinski definition) is 1. The van der Waals surface area contributed by atoms with E-state index in [1.807, 2.05) is 54.6 Å². The third kappa shape index (κ3) is 3.47. The van der Waals surface area contributed by atoms with Crippen molar-refractivity contribution in [2.24, 2.45) is 0 Å². The Balaban J connectivity index is 2.08. The highest BCUT2D eigenvalue weighted by Gasteiger charge is 1.96. The van der Waals surface area contributed by atoms with E-state index in [0.717, 1.165) is 16.9 Å². The van der Waals surface area contributed by atoms with Crippen LogP contribution in [0, 0.1) is 0 Å². The molecule has 1 aliphatic carbocycles. The molecule has 1 aromatic carbocycles. The van der Waals surface area contributed by atoms with Crippen molar-refractivity contribution in [2.45, 2.75) is 6.10 Å². The Morgan fingerprint density at radius 1 is 1.11 bits per heavy atom. The third-order valence-corrected chi connectivity index (χ3v) is 2.67. The van der Waals surface area contributed by atoms with E-state index in [0.29, 0.717) is 0 Å². The van der Waals surface area contributed by atoms with Crippen molar-refractivity contribution in [3.63, 3.8) is 0 Å². The first kappa shape index (κ1) is 12.4. The van der Waals surface area contributed by atoms with Crippen LogP contribution in [0.4, 0.5) is 0 Å². The summed E-state index contributed by atoms with van der Waals surface area (Å²) in [5, 5.41) is 9.40. The summed E-state index contributed by atoms with van der Waals surface area (Å²) in [7, 11) is 1.66. The highest BCUT2D eigenvalue weighted by Crippen LogP contribution is 2.14. The molecular formula is C16H16O2. The summed E-state index contributed by atoms with van der Waals surface area (Å²) in [6.07, 6.45) is 12.8. The van der Waals surface area contributed by atoms with Gasteiger partial charge in [0, 0.05) is 0 Å². The lowest BCUT2D eigenvalue weighted by atomic mass is 10.1. The average molecular weight is 240 g/mol. The zero-order valence-electron chi connectivity index (χ0n) is 10.3. The van der Waals surface area contributed by atoms with Gasteiger partial charge in [-0.25, -0.2) is 0 Å². The number of rotatable bonds is 3. The molecule has 1 atom stereocenters. The third-order valence-electron chi connectivity index (χ3n) is 2.67. The quantitative estimate of drug-likeness (QED) is 0.879. The number of aliphatic hydroxyl groups is 1. The van der Waals surface area contributed by atoms with Gasteiger partial charge in [-0.3, -0.25) is 0 Å². The second kappa shape index (κ2) is 6.03. The Morgan fingerprint density at radius 2 is 1.89 bits per heavy atom. The van der Waals surface area contributed by atoms with Gasteiger partial charge in [0.2, 0.25) is 0 Å². The predicted molar refractivity (Wildman–Crippen MR) is 74.4 cm³/mol. The summed E-state index contributed by atoms with van der Waals surface area (Å²) < 4.78 is 5.11. The van der Waals surface area contributed by atoms with Crippen molar-refractivity contribution in [2.75, 3.05) is 7.11 Å². The molecule has 0 spiro atoms. The average Bonchev–Trinajstić information content (AvgIpc) is 2.62. The van der Waals surface area contributed by atoms with Gasteiger partial charge in [-0.2, -0.15) is 0 Å². The van der Waals surface area contributed by atoms with E-state index in [4.69, 9.17) is 4.74 Å². The minimum absolute atomic E-state index is 0.492. The van der Waals surface area contributed by atoms with Gasteiger partial charge in [-0.15, -0.1) is 0 Å². The number of aliphatic hydroxyl groups excluding tert-OH is 1. The van der Waals surface area contributed by atoms with E-state index in [-0.39, 0.29) is 0 Å². The van der Waals surface area contributed by atoms with Crippen LogP contribution < -0.4 is 4.74 Å². The van der Waals surface area contributed by atoms with Crippen molar-refractivity contribution in [1.29, 1.82) is 0 Å². The molecule has 0 aliphatic heterocycles. The van der Waals surface area contributed by atoms with Crippen molar-refractivity contribution < 1.29 is 9.84 Å². The van der Waals surface area contributed by atoms with E-state index in [1.165, 1.54) is 0 Å². The molecule has 0 saturated heterocycles.